The Labute approximate surface area is 277 Å². The molecule has 2 aliphatic heterocycles. The fourth-order valence-corrected chi connectivity index (χ4v) is 11.4. The first-order valence-electron chi connectivity index (χ1n) is 14.3. The Hall–Kier alpha value is -2.76. The summed E-state index contributed by atoms with van der Waals surface area (Å²) in [5.74, 6) is 0. The van der Waals surface area contributed by atoms with Crippen molar-refractivity contribution in [3.63, 3.8) is 0 Å². The minimum atomic E-state index is -3.89. The van der Waals surface area contributed by atoms with Gasteiger partial charge in [0, 0.05) is 7.42 Å². The van der Waals surface area contributed by atoms with Gasteiger partial charge in [0.15, 0.2) is 12.2 Å². The molecule has 2 unspecified atom stereocenters. The Kier molecular flexibility index (Phi) is 10.6. The molecule has 0 radical (unpaired) electrons. The molecule has 244 valence electrons. The lowest BCUT2D eigenvalue weighted by Gasteiger charge is -2.17. The van der Waals surface area contributed by atoms with E-state index in [0.29, 0.717) is 0 Å². The van der Waals surface area contributed by atoms with Crippen molar-refractivity contribution in [3.8, 4) is 0 Å². The van der Waals surface area contributed by atoms with E-state index in [1.54, 1.807) is 38.1 Å². The molecule has 2 aliphatic rings. The van der Waals surface area contributed by atoms with Crippen LogP contribution in [0.4, 0.5) is 0 Å². The maximum absolute atomic E-state index is 12.8. The van der Waals surface area contributed by atoms with Gasteiger partial charge in [0.05, 0.1) is 9.79 Å². The molecule has 0 bridgehead atoms. The first-order valence-corrected chi connectivity index (χ1v) is 19.3. The van der Waals surface area contributed by atoms with Gasteiger partial charge in [-0.2, -0.15) is 0 Å². The Balaban J connectivity index is 0.000000181. The Morgan fingerprint density at radius 2 is 0.848 bits per heavy atom. The first kappa shape index (κ1) is 34.6. The predicted octanol–water partition coefficient (Wildman–Crippen LogP) is 5.45. The van der Waals surface area contributed by atoms with Gasteiger partial charge in [0.2, 0.25) is 23.3 Å². The van der Waals surface area contributed by atoms with Crippen LogP contribution < -0.4 is 0 Å². The molecule has 10 nitrogen and oxygen atoms in total. The van der Waals surface area contributed by atoms with Crippen molar-refractivity contribution in [2.75, 3.05) is 0 Å². The third kappa shape index (κ3) is 7.06. The van der Waals surface area contributed by atoms with E-state index in [-0.39, 0.29) is 9.79 Å². The highest BCUT2D eigenvalue weighted by atomic mass is 32.3. The van der Waals surface area contributed by atoms with Gasteiger partial charge in [-0.1, -0.05) is 96.1 Å². The van der Waals surface area contributed by atoms with Crippen molar-refractivity contribution in [1.29, 1.82) is 0 Å². The molecule has 0 spiro atoms. The van der Waals surface area contributed by atoms with Crippen LogP contribution in [0.3, 0.4) is 0 Å². The monoisotopic (exact) mass is 702 g/mol. The van der Waals surface area contributed by atoms with Gasteiger partial charge in [-0.05, 0) is 63.1 Å². The zero-order valence-corrected chi connectivity index (χ0v) is 28.8. The summed E-state index contributed by atoms with van der Waals surface area (Å²) in [5.41, 5.74) is 3.51. The highest BCUT2D eigenvalue weighted by Crippen LogP contribution is 2.41. The van der Waals surface area contributed by atoms with E-state index < -0.39 is 67.6 Å². The number of nitrogens with zero attached hydrogens (tertiary/aromatic N) is 2. The summed E-state index contributed by atoms with van der Waals surface area (Å²) in [6.07, 6.45) is -1.12. The van der Waals surface area contributed by atoms with Crippen molar-refractivity contribution >= 4 is 43.3 Å². The molecule has 0 aliphatic carbocycles. The molecular formula is C32H34N2O8S4. The molecule has 6 atom stereocenters. The zero-order chi connectivity index (χ0) is 33.2. The molecular weight excluding hydrogens is 669 g/mol. The topological polar surface area (TPSA) is 139 Å². The number of aryl methyl sites for hydroxylation is 2. The van der Waals surface area contributed by atoms with Crippen LogP contribution in [-0.4, -0.2) is 45.4 Å². The molecule has 46 heavy (non-hydrogen) atoms. The smallest absolute Gasteiger partial charge is 0.285 e. The maximum atomic E-state index is 12.8. The van der Waals surface area contributed by atoms with Crippen molar-refractivity contribution in [3.05, 3.63) is 131 Å². The minimum absolute atomic E-state index is 0.112. The van der Waals surface area contributed by atoms with E-state index in [9.17, 15) is 25.9 Å². The molecule has 0 saturated carbocycles. The summed E-state index contributed by atoms with van der Waals surface area (Å²) < 4.78 is 88.5. The van der Waals surface area contributed by atoms with Gasteiger partial charge in [0.1, 0.15) is 12.1 Å². The molecule has 0 aromatic heterocycles. The van der Waals surface area contributed by atoms with E-state index >= 15 is 0 Å². The molecule has 0 N–H and O–H groups in total. The SMILES string of the molecule is Cc1ccc(S(=O)(=O)N2[C@@H](C)[C@@H](c3ccccc3)O[S+]2[O-])cc1.Cc1ccc(S(=O)(=O)N2[C@H](C)[C@H](c3ccccc3)O[S+]2[O-])cc1. The fourth-order valence-electron chi connectivity index (χ4n) is 5.10. The fraction of sp³-hybridized carbons (Fsp3) is 0.250. The summed E-state index contributed by atoms with van der Waals surface area (Å²) in [7, 11) is -7.77. The molecule has 4 aromatic carbocycles. The largest absolute Gasteiger partial charge is 0.565 e. The van der Waals surface area contributed by atoms with E-state index in [1.807, 2.05) is 74.5 Å². The van der Waals surface area contributed by atoms with Gasteiger partial charge in [0.25, 0.3) is 20.0 Å². The van der Waals surface area contributed by atoms with Gasteiger partial charge in [-0.25, -0.2) is 16.8 Å². The Morgan fingerprint density at radius 3 is 1.15 bits per heavy atom. The second kappa shape index (κ2) is 14.2. The summed E-state index contributed by atoms with van der Waals surface area (Å²) >= 11 is -4.10. The van der Waals surface area contributed by atoms with Crippen LogP contribution in [0.2, 0.25) is 0 Å². The summed E-state index contributed by atoms with van der Waals surface area (Å²) in [6, 6.07) is 30.2. The standard InChI is InChI=1S/2C16H17NO4S2/c2*1-12-8-10-15(11-9-12)23(19,20)17-13(2)16(21-22(17)18)14-6-4-3-5-7-14/h2*3-11,13,16H,1-2H3/t2*13-,16-,22?/m10/s1. The molecule has 6 rings (SSSR count). The molecule has 4 aromatic rings. The van der Waals surface area contributed by atoms with Crippen molar-refractivity contribution in [1.82, 2.24) is 7.42 Å². The molecule has 2 heterocycles. The van der Waals surface area contributed by atoms with Crippen LogP contribution >= 0.6 is 0 Å². The van der Waals surface area contributed by atoms with E-state index in [1.165, 1.54) is 24.3 Å². The normalized spacial score (nSPS) is 25.6. The summed E-state index contributed by atoms with van der Waals surface area (Å²) in [5, 5.41) is 0. The summed E-state index contributed by atoms with van der Waals surface area (Å²) in [4.78, 5) is 0.223. The maximum Gasteiger partial charge on any atom is 0.285 e. The second-order valence-corrected chi connectivity index (χ2v) is 17.0. The van der Waals surface area contributed by atoms with Gasteiger partial charge in [-0.15, -0.1) is 8.37 Å². The summed E-state index contributed by atoms with van der Waals surface area (Å²) in [6.45, 7) is 7.16. The number of hydrogen-bond acceptors (Lipinski definition) is 8. The number of hydrogen-bond donors (Lipinski definition) is 0. The van der Waals surface area contributed by atoms with Crippen molar-refractivity contribution in [2.24, 2.45) is 0 Å². The number of sulfonamides is 2. The lowest BCUT2D eigenvalue weighted by Crippen LogP contribution is -2.38. The van der Waals surface area contributed by atoms with E-state index in [0.717, 1.165) is 29.7 Å². The average molecular weight is 703 g/mol. The third-order valence-electron chi connectivity index (χ3n) is 7.57. The van der Waals surface area contributed by atoms with Crippen LogP contribution in [-0.2, 0) is 51.7 Å². The first-order chi connectivity index (χ1) is 21.8. The van der Waals surface area contributed by atoms with E-state index in [2.05, 4.69) is 0 Å². The minimum Gasteiger partial charge on any atom is -0.565 e. The second-order valence-electron chi connectivity index (χ2n) is 10.9. The molecule has 14 heteroatoms. The van der Waals surface area contributed by atoms with Gasteiger partial charge >= 0.3 is 0 Å². The van der Waals surface area contributed by atoms with E-state index in [4.69, 9.17) is 8.37 Å². The quantitative estimate of drug-likeness (QED) is 0.242. The zero-order valence-electron chi connectivity index (χ0n) is 25.5. The number of benzene rings is 4. The number of rotatable bonds is 6. The predicted molar refractivity (Wildman–Crippen MR) is 176 cm³/mol. The van der Waals surface area contributed by atoms with Gasteiger partial charge in [-0.3, -0.25) is 0 Å². The van der Waals surface area contributed by atoms with Crippen molar-refractivity contribution in [2.45, 2.75) is 61.8 Å². The van der Waals surface area contributed by atoms with Gasteiger partial charge < -0.3 is 9.11 Å². The molecule has 0 amide bonds. The Morgan fingerprint density at radius 1 is 0.543 bits per heavy atom. The highest BCUT2D eigenvalue weighted by Gasteiger charge is 2.54. The Bertz CT molecular complexity index is 1690. The van der Waals surface area contributed by atoms with Crippen LogP contribution in [0, 0.1) is 13.8 Å². The highest BCUT2D eigenvalue weighted by molar-refractivity contribution is 8.02. The lowest BCUT2D eigenvalue weighted by atomic mass is 10.0. The average Bonchev–Trinajstić information content (AvgIpc) is 3.52. The van der Waals surface area contributed by atoms with Crippen molar-refractivity contribution < 1.29 is 34.3 Å². The van der Waals surface area contributed by atoms with Crippen LogP contribution in [0.15, 0.2) is 119 Å². The van der Waals surface area contributed by atoms with Crippen LogP contribution in [0.5, 0.6) is 0 Å². The third-order valence-corrected chi connectivity index (χ3v) is 14.8. The van der Waals surface area contributed by atoms with Crippen LogP contribution in [0.25, 0.3) is 0 Å². The lowest BCUT2D eigenvalue weighted by molar-refractivity contribution is 0.218. The van der Waals surface area contributed by atoms with Crippen LogP contribution in [0.1, 0.15) is 48.3 Å². The molecule has 2 saturated heterocycles. The molecule has 2 fully saturated rings.